The quantitative estimate of drug-likeness (QED) is 0.773. The molecule has 0 fully saturated rings. The molecule has 5 heteroatoms. The minimum absolute atomic E-state index is 0.0766. The van der Waals surface area contributed by atoms with E-state index >= 15 is 0 Å². The van der Waals surface area contributed by atoms with Gasteiger partial charge in [0.1, 0.15) is 5.69 Å². The van der Waals surface area contributed by atoms with Crippen molar-refractivity contribution in [2.45, 2.75) is 26.3 Å². The van der Waals surface area contributed by atoms with E-state index in [1.807, 2.05) is 19.9 Å². The number of hydrogen-bond donors (Lipinski definition) is 2. The summed E-state index contributed by atoms with van der Waals surface area (Å²) in [5, 5.41) is 6.01. The Morgan fingerprint density at radius 2 is 2.28 bits per heavy atom. The summed E-state index contributed by atoms with van der Waals surface area (Å²) in [6, 6.07) is 3.65. The highest BCUT2D eigenvalue weighted by molar-refractivity contribution is 5.92. The van der Waals surface area contributed by atoms with E-state index in [9.17, 15) is 4.79 Å². The van der Waals surface area contributed by atoms with E-state index in [-0.39, 0.29) is 11.9 Å². The van der Waals surface area contributed by atoms with Gasteiger partial charge in [-0.25, -0.2) is 4.98 Å². The molecule has 0 bridgehead atoms. The molecule has 0 aliphatic heterocycles. The van der Waals surface area contributed by atoms with Crippen LogP contribution in [0.2, 0.25) is 0 Å². The summed E-state index contributed by atoms with van der Waals surface area (Å²) in [7, 11) is 1.65. The van der Waals surface area contributed by atoms with Crippen LogP contribution >= 0.6 is 0 Å². The Morgan fingerprint density at radius 3 is 2.83 bits per heavy atom. The second-order valence-electron chi connectivity index (χ2n) is 4.12. The van der Waals surface area contributed by atoms with Crippen LogP contribution in [0, 0.1) is 0 Å². The molecule has 1 aromatic rings. The zero-order chi connectivity index (χ0) is 13.4. The standard InChI is InChI=1S/C13H21N3O2/c1-4-14-11-5-6-12(15-9-11)13(17)16-10(2)7-8-18-3/h5-6,9-10,14H,4,7-8H2,1-3H3,(H,16,17). The molecular weight excluding hydrogens is 230 g/mol. The topological polar surface area (TPSA) is 63.2 Å². The first-order valence-corrected chi connectivity index (χ1v) is 6.17. The molecule has 1 atom stereocenters. The van der Waals surface area contributed by atoms with Gasteiger partial charge in [0.2, 0.25) is 0 Å². The van der Waals surface area contributed by atoms with Gasteiger partial charge < -0.3 is 15.4 Å². The van der Waals surface area contributed by atoms with Crippen molar-refractivity contribution < 1.29 is 9.53 Å². The Labute approximate surface area is 108 Å². The zero-order valence-corrected chi connectivity index (χ0v) is 11.2. The third kappa shape index (κ3) is 4.71. The van der Waals surface area contributed by atoms with Gasteiger partial charge in [-0.2, -0.15) is 0 Å². The van der Waals surface area contributed by atoms with E-state index in [2.05, 4.69) is 15.6 Å². The molecule has 0 aromatic carbocycles. The van der Waals surface area contributed by atoms with Crippen LogP contribution < -0.4 is 10.6 Å². The Kier molecular flexibility index (Phi) is 6.14. The van der Waals surface area contributed by atoms with Crippen molar-refractivity contribution in [2.75, 3.05) is 25.6 Å². The van der Waals surface area contributed by atoms with Gasteiger partial charge in [-0.1, -0.05) is 0 Å². The van der Waals surface area contributed by atoms with Crippen LogP contribution in [0.3, 0.4) is 0 Å². The van der Waals surface area contributed by atoms with Gasteiger partial charge in [0, 0.05) is 26.3 Å². The number of carbonyl (C=O) groups excluding carboxylic acids is 1. The van der Waals surface area contributed by atoms with E-state index in [0.717, 1.165) is 18.7 Å². The highest BCUT2D eigenvalue weighted by atomic mass is 16.5. The number of aromatic nitrogens is 1. The van der Waals surface area contributed by atoms with Crippen molar-refractivity contribution >= 4 is 11.6 Å². The Bertz CT molecular complexity index is 365. The van der Waals surface area contributed by atoms with E-state index in [0.29, 0.717) is 12.3 Å². The third-order valence-corrected chi connectivity index (χ3v) is 2.51. The van der Waals surface area contributed by atoms with Crippen molar-refractivity contribution in [3.63, 3.8) is 0 Å². The minimum atomic E-state index is -0.151. The largest absolute Gasteiger partial charge is 0.385 e. The van der Waals surface area contributed by atoms with Gasteiger partial charge in [0.25, 0.3) is 5.91 Å². The average molecular weight is 251 g/mol. The molecule has 2 N–H and O–H groups in total. The van der Waals surface area contributed by atoms with E-state index in [1.54, 1.807) is 19.4 Å². The normalized spacial score (nSPS) is 11.9. The molecule has 1 aromatic heterocycles. The molecule has 1 unspecified atom stereocenters. The van der Waals surface area contributed by atoms with Gasteiger partial charge in [-0.05, 0) is 32.4 Å². The molecule has 1 amide bonds. The maximum absolute atomic E-state index is 11.9. The van der Waals surface area contributed by atoms with Gasteiger partial charge in [-0.3, -0.25) is 4.79 Å². The summed E-state index contributed by atoms with van der Waals surface area (Å²) in [5.41, 5.74) is 1.35. The summed E-state index contributed by atoms with van der Waals surface area (Å²) < 4.78 is 4.97. The number of rotatable bonds is 7. The molecule has 1 heterocycles. The van der Waals surface area contributed by atoms with Gasteiger partial charge >= 0.3 is 0 Å². The molecule has 0 saturated heterocycles. The molecule has 1 rings (SSSR count). The Hall–Kier alpha value is -1.62. The highest BCUT2D eigenvalue weighted by Gasteiger charge is 2.10. The second-order valence-corrected chi connectivity index (χ2v) is 4.12. The number of anilines is 1. The first-order chi connectivity index (χ1) is 8.67. The number of nitrogens with one attached hydrogen (secondary N) is 2. The fourth-order valence-electron chi connectivity index (χ4n) is 1.50. The molecule has 0 saturated carbocycles. The summed E-state index contributed by atoms with van der Waals surface area (Å²) >= 11 is 0. The van der Waals surface area contributed by atoms with Crippen LogP contribution in [0.25, 0.3) is 0 Å². The maximum atomic E-state index is 11.9. The molecule has 0 aliphatic carbocycles. The van der Waals surface area contributed by atoms with Crippen LogP contribution in [0.15, 0.2) is 18.3 Å². The van der Waals surface area contributed by atoms with Crippen molar-refractivity contribution in [1.82, 2.24) is 10.3 Å². The Morgan fingerprint density at radius 1 is 1.50 bits per heavy atom. The van der Waals surface area contributed by atoms with Crippen LogP contribution in [-0.2, 0) is 4.74 Å². The lowest BCUT2D eigenvalue weighted by molar-refractivity contribution is 0.0924. The summed E-state index contributed by atoms with van der Waals surface area (Å²) in [4.78, 5) is 16.0. The van der Waals surface area contributed by atoms with Gasteiger partial charge in [0.05, 0.1) is 11.9 Å². The summed E-state index contributed by atoms with van der Waals surface area (Å²) in [6.07, 6.45) is 2.45. The Balaban J connectivity index is 2.50. The predicted molar refractivity (Wildman–Crippen MR) is 71.8 cm³/mol. The maximum Gasteiger partial charge on any atom is 0.270 e. The lowest BCUT2D eigenvalue weighted by Crippen LogP contribution is -2.33. The molecule has 5 nitrogen and oxygen atoms in total. The number of pyridine rings is 1. The third-order valence-electron chi connectivity index (χ3n) is 2.51. The SMILES string of the molecule is CCNc1ccc(C(=O)NC(C)CCOC)nc1. The van der Waals surface area contributed by atoms with Crippen LogP contribution in [-0.4, -0.2) is 37.2 Å². The molecule has 100 valence electrons. The average Bonchev–Trinajstić information content (AvgIpc) is 2.37. The van der Waals surface area contributed by atoms with Crippen LogP contribution in [0.4, 0.5) is 5.69 Å². The first kappa shape index (κ1) is 14.4. The highest BCUT2D eigenvalue weighted by Crippen LogP contribution is 2.06. The lowest BCUT2D eigenvalue weighted by atomic mass is 10.2. The number of ether oxygens (including phenoxy) is 1. The molecule has 0 radical (unpaired) electrons. The van der Waals surface area contributed by atoms with Crippen molar-refractivity contribution in [3.05, 3.63) is 24.0 Å². The van der Waals surface area contributed by atoms with Gasteiger partial charge in [0.15, 0.2) is 0 Å². The fourth-order valence-corrected chi connectivity index (χ4v) is 1.50. The smallest absolute Gasteiger partial charge is 0.270 e. The van der Waals surface area contributed by atoms with Crippen molar-refractivity contribution in [3.8, 4) is 0 Å². The summed E-state index contributed by atoms with van der Waals surface area (Å²) in [6.45, 7) is 5.43. The zero-order valence-electron chi connectivity index (χ0n) is 11.2. The fraction of sp³-hybridized carbons (Fsp3) is 0.538. The first-order valence-electron chi connectivity index (χ1n) is 6.17. The van der Waals surface area contributed by atoms with E-state index in [4.69, 9.17) is 4.74 Å². The van der Waals surface area contributed by atoms with E-state index < -0.39 is 0 Å². The number of hydrogen-bond acceptors (Lipinski definition) is 4. The molecule has 0 aliphatic rings. The molecular formula is C13H21N3O2. The number of nitrogens with zero attached hydrogens (tertiary/aromatic N) is 1. The van der Waals surface area contributed by atoms with Crippen LogP contribution in [0.5, 0.6) is 0 Å². The van der Waals surface area contributed by atoms with Crippen molar-refractivity contribution in [1.29, 1.82) is 0 Å². The lowest BCUT2D eigenvalue weighted by Gasteiger charge is -2.13. The summed E-state index contributed by atoms with van der Waals surface area (Å²) in [5.74, 6) is -0.151. The predicted octanol–water partition coefficient (Wildman–Crippen LogP) is 1.67. The van der Waals surface area contributed by atoms with E-state index in [1.165, 1.54) is 0 Å². The molecule has 0 spiro atoms. The van der Waals surface area contributed by atoms with Crippen LogP contribution in [0.1, 0.15) is 30.8 Å². The monoisotopic (exact) mass is 251 g/mol. The molecule has 18 heavy (non-hydrogen) atoms. The minimum Gasteiger partial charge on any atom is -0.385 e. The van der Waals surface area contributed by atoms with Crippen molar-refractivity contribution in [2.24, 2.45) is 0 Å². The number of methoxy groups -OCH3 is 1. The van der Waals surface area contributed by atoms with Gasteiger partial charge in [-0.15, -0.1) is 0 Å². The number of carbonyl (C=O) groups is 1. The number of amides is 1. The second kappa shape index (κ2) is 7.66.